The van der Waals surface area contributed by atoms with Gasteiger partial charge >= 0.3 is 0 Å². The quantitative estimate of drug-likeness (QED) is 0.874. The van der Waals surface area contributed by atoms with Crippen LogP contribution in [0.2, 0.25) is 0 Å². The molecule has 0 aliphatic heterocycles. The molecule has 0 aromatic heterocycles. The summed E-state index contributed by atoms with van der Waals surface area (Å²) in [5, 5.41) is 0. The minimum Gasteiger partial charge on any atom is -0.496 e. The maximum absolute atomic E-state index is 11.5. The molecule has 5 heteroatoms. The molecular weight excluding hydrogens is 264 g/mol. The lowest BCUT2D eigenvalue weighted by atomic mass is 10.1. The summed E-state index contributed by atoms with van der Waals surface area (Å²) in [5.41, 5.74) is 2.12. The first-order valence-corrected chi connectivity index (χ1v) is 7.49. The van der Waals surface area contributed by atoms with Crippen molar-refractivity contribution in [2.24, 2.45) is 0 Å². The zero-order valence-electron chi connectivity index (χ0n) is 10.9. The Balaban J connectivity index is 2.81. The van der Waals surface area contributed by atoms with Gasteiger partial charge in [0.05, 0.1) is 7.11 Å². The first-order chi connectivity index (χ1) is 8.99. The van der Waals surface area contributed by atoms with E-state index in [9.17, 15) is 13.0 Å². The Morgan fingerprint density at radius 1 is 1.26 bits per heavy atom. The molecule has 102 valence electrons. The van der Waals surface area contributed by atoms with Crippen LogP contribution in [0.3, 0.4) is 0 Å². The highest BCUT2D eigenvalue weighted by molar-refractivity contribution is 7.86. The Morgan fingerprint density at radius 3 is 2.53 bits per heavy atom. The fourth-order valence-corrected chi connectivity index (χ4v) is 3.03. The molecule has 0 aromatic rings. The van der Waals surface area contributed by atoms with Crippen LogP contribution in [0.25, 0.3) is 11.1 Å². The molecule has 19 heavy (non-hydrogen) atoms. The van der Waals surface area contributed by atoms with Crippen molar-refractivity contribution in [1.82, 2.24) is 0 Å². The summed E-state index contributed by atoms with van der Waals surface area (Å²) in [6, 6.07) is 8.51. The Bertz CT molecular complexity index is 661. The van der Waals surface area contributed by atoms with E-state index in [1.165, 1.54) is 6.07 Å². The third-order valence-electron chi connectivity index (χ3n) is 3.05. The van der Waals surface area contributed by atoms with Gasteiger partial charge in [0.25, 0.3) is 10.1 Å². The van der Waals surface area contributed by atoms with Crippen molar-refractivity contribution in [2.45, 2.75) is 24.7 Å². The van der Waals surface area contributed by atoms with Gasteiger partial charge in [-0.15, -0.1) is 0 Å². The minimum atomic E-state index is -4.24. The molecule has 1 N–H and O–H groups in total. The molecule has 0 aromatic carbocycles. The predicted molar refractivity (Wildman–Crippen MR) is 73.4 cm³/mol. The Hall–Kier alpha value is -1.59. The van der Waals surface area contributed by atoms with E-state index in [1.54, 1.807) is 31.4 Å². The highest BCUT2D eigenvalue weighted by Gasteiger charge is 2.25. The summed E-state index contributed by atoms with van der Waals surface area (Å²) in [7, 11) is -2.69. The Morgan fingerprint density at radius 2 is 1.95 bits per heavy atom. The molecular formula is C14H16O4S. The van der Waals surface area contributed by atoms with E-state index in [2.05, 4.69) is 0 Å². The molecule has 0 atom stereocenters. The molecule has 2 aliphatic rings. The number of hydrogen-bond donors (Lipinski definition) is 1. The monoisotopic (exact) mass is 280 g/mol. The summed E-state index contributed by atoms with van der Waals surface area (Å²) in [6.07, 6.45) is 1.61. The van der Waals surface area contributed by atoms with Gasteiger partial charge in [-0.25, -0.2) is 0 Å². The molecule has 4 nitrogen and oxygen atoms in total. The SMILES string of the molecule is CCCc1cc(S(=O)(=O)O)c2ccccc(OC)c1-2. The summed E-state index contributed by atoms with van der Waals surface area (Å²) in [4.78, 5) is -0.0551. The maximum Gasteiger partial charge on any atom is 0.295 e. The molecule has 2 rings (SSSR count). The van der Waals surface area contributed by atoms with Gasteiger partial charge in [0.2, 0.25) is 0 Å². The van der Waals surface area contributed by atoms with Crippen molar-refractivity contribution in [2.75, 3.05) is 7.11 Å². The number of aryl methyl sites for hydroxylation is 1. The average molecular weight is 280 g/mol. The summed E-state index contributed by atoms with van der Waals surface area (Å²) < 4.78 is 37.6. The van der Waals surface area contributed by atoms with Gasteiger partial charge in [0, 0.05) is 11.1 Å². The van der Waals surface area contributed by atoms with E-state index in [1.807, 2.05) is 6.92 Å². The lowest BCUT2D eigenvalue weighted by Crippen LogP contribution is -1.97. The number of rotatable bonds is 4. The minimum absolute atomic E-state index is 0.0551. The van der Waals surface area contributed by atoms with Gasteiger partial charge in [0.15, 0.2) is 0 Å². The molecule has 0 saturated carbocycles. The van der Waals surface area contributed by atoms with Crippen LogP contribution in [0.4, 0.5) is 0 Å². The molecule has 0 spiro atoms. The third kappa shape index (κ3) is 2.57. The summed E-state index contributed by atoms with van der Waals surface area (Å²) in [5.74, 6) is 0.610. The fraction of sp³-hybridized carbons (Fsp3) is 0.286. The van der Waals surface area contributed by atoms with E-state index in [4.69, 9.17) is 4.74 Å². The number of methoxy groups -OCH3 is 1. The number of ether oxygens (including phenoxy) is 1. The molecule has 0 radical (unpaired) electrons. The van der Waals surface area contributed by atoms with Crippen LogP contribution in [0.15, 0.2) is 35.2 Å². The van der Waals surface area contributed by atoms with Gasteiger partial charge in [-0.3, -0.25) is 4.55 Å². The number of hydrogen-bond acceptors (Lipinski definition) is 3. The zero-order chi connectivity index (χ0) is 14.0. The van der Waals surface area contributed by atoms with Crippen LogP contribution in [0.5, 0.6) is 5.75 Å². The van der Waals surface area contributed by atoms with Crippen LogP contribution < -0.4 is 4.74 Å². The predicted octanol–water partition coefficient (Wildman–Crippen LogP) is 3.00. The highest BCUT2D eigenvalue weighted by Crippen LogP contribution is 2.41. The topological polar surface area (TPSA) is 63.6 Å². The van der Waals surface area contributed by atoms with Crippen molar-refractivity contribution in [3.05, 3.63) is 35.9 Å². The van der Waals surface area contributed by atoms with Gasteiger partial charge in [-0.1, -0.05) is 31.5 Å². The van der Waals surface area contributed by atoms with Crippen LogP contribution in [0.1, 0.15) is 18.9 Å². The van der Waals surface area contributed by atoms with E-state index in [0.717, 1.165) is 24.0 Å². The van der Waals surface area contributed by atoms with Crippen molar-refractivity contribution in [3.8, 4) is 16.9 Å². The van der Waals surface area contributed by atoms with Crippen LogP contribution >= 0.6 is 0 Å². The zero-order valence-corrected chi connectivity index (χ0v) is 11.7. The van der Waals surface area contributed by atoms with Gasteiger partial charge in [-0.05, 0) is 24.1 Å². The standard InChI is InChI=1S/C14H16O4S/c1-3-6-10-9-13(19(15,16)17)11-7-4-5-8-12(18-2)14(10)11/h4-5,7-9H,3,6H2,1-2H3,(H,15,16,17). The van der Waals surface area contributed by atoms with E-state index in [0.29, 0.717) is 11.3 Å². The largest absolute Gasteiger partial charge is 0.496 e. The first-order valence-electron chi connectivity index (χ1n) is 6.05. The van der Waals surface area contributed by atoms with Crippen LogP contribution in [-0.4, -0.2) is 20.1 Å². The van der Waals surface area contributed by atoms with E-state index < -0.39 is 10.1 Å². The lowest BCUT2D eigenvalue weighted by Gasteiger charge is -2.06. The molecule has 0 bridgehead atoms. The first kappa shape index (κ1) is 13.8. The fourth-order valence-electron chi connectivity index (χ4n) is 2.29. The lowest BCUT2D eigenvalue weighted by molar-refractivity contribution is 0.416. The van der Waals surface area contributed by atoms with Gasteiger partial charge in [0.1, 0.15) is 10.6 Å². The average Bonchev–Trinajstić information content (AvgIpc) is 2.57. The second-order valence-electron chi connectivity index (χ2n) is 4.33. The summed E-state index contributed by atoms with van der Waals surface area (Å²) >= 11 is 0. The second-order valence-corrected chi connectivity index (χ2v) is 5.72. The van der Waals surface area contributed by atoms with Gasteiger partial charge < -0.3 is 4.74 Å². The van der Waals surface area contributed by atoms with Crippen molar-refractivity contribution in [3.63, 3.8) is 0 Å². The van der Waals surface area contributed by atoms with Crippen molar-refractivity contribution in [1.29, 1.82) is 0 Å². The normalized spacial score (nSPS) is 11.7. The summed E-state index contributed by atoms with van der Waals surface area (Å²) in [6.45, 7) is 2.02. The maximum atomic E-state index is 11.5. The molecule has 0 unspecified atom stereocenters. The molecule has 0 heterocycles. The van der Waals surface area contributed by atoms with Crippen molar-refractivity contribution >= 4 is 10.1 Å². The number of fused-ring (bicyclic) bond motifs is 1. The smallest absolute Gasteiger partial charge is 0.295 e. The van der Waals surface area contributed by atoms with E-state index in [-0.39, 0.29) is 4.90 Å². The molecule has 0 saturated heterocycles. The van der Waals surface area contributed by atoms with Crippen molar-refractivity contribution < 1.29 is 17.7 Å². The third-order valence-corrected chi connectivity index (χ3v) is 3.94. The highest BCUT2D eigenvalue weighted by atomic mass is 32.2. The van der Waals surface area contributed by atoms with Gasteiger partial charge in [-0.2, -0.15) is 8.42 Å². The molecule has 0 fully saturated rings. The van der Waals surface area contributed by atoms with E-state index >= 15 is 0 Å². The van der Waals surface area contributed by atoms with Crippen LogP contribution in [0, 0.1) is 0 Å². The molecule has 0 amide bonds. The Kier molecular flexibility index (Phi) is 3.78. The second kappa shape index (κ2) is 5.19. The van der Waals surface area contributed by atoms with Crippen LogP contribution in [-0.2, 0) is 16.5 Å². The molecule has 2 aliphatic carbocycles. The Labute approximate surface area is 113 Å².